The number of methoxy groups -OCH3 is 1. The Morgan fingerprint density at radius 3 is 2.46 bits per heavy atom. The van der Waals surface area contributed by atoms with E-state index in [-0.39, 0.29) is 28.5 Å². The van der Waals surface area contributed by atoms with Crippen LogP contribution in [0.1, 0.15) is 25.7 Å². The van der Waals surface area contributed by atoms with Gasteiger partial charge in [-0.3, -0.25) is 4.79 Å². The van der Waals surface area contributed by atoms with Gasteiger partial charge in [0.1, 0.15) is 12.0 Å². The molecule has 0 saturated heterocycles. The number of halogens is 2. The van der Waals surface area contributed by atoms with Gasteiger partial charge in [-0.05, 0) is 19.3 Å². The summed E-state index contributed by atoms with van der Waals surface area (Å²) in [5.41, 5.74) is 0. The van der Waals surface area contributed by atoms with Crippen LogP contribution >= 0.6 is 10.7 Å². The Labute approximate surface area is 93.6 Å². The van der Waals surface area contributed by atoms with Crippen LogP contribution in [-0.2, 0) is 19.6 Å². The second-order valence-electron chi connectivity index (χ2n) is 2.64. The van der Waals surface area contributed by atoms with Crippen LogP contribution < -0.4 is 12.4 Å². The van der Waals surface area contributed by atoms with E-state index in [0.29, 0.717) is 6.42 Å². The summed E-state index contributed by atoms with van der Waals surface area (Å²) >= 11 is 0. The first-order chi connectivity index (χ1) is 5.66. The van der Waals surface area contributed by atoms with Gasteiger partial charge < -0.3 is 17.1 Å². The van der Waals surface area contributed by atoms with E-state index in [4.69, 9.17) is 10.7 Å². The number of unbranched alkanes of at least 4 members (excludes halogenated alkanes) is 2. The van der Waals surface area contributed by atoms with E-state index in [1.54, 1.807) is 0 Å². The predicted molar refractivity (Wildman–Crippen MR) is 54.5 cm³/mol. The zero-order chi connectivity index (χ0) is 9.40. The third kappa shape index (κ3) is 12.4. The standard InChI is InChI=1S/C8H16ClO2S.ClH/c1-11-8(10)6-4-3-5-7-12(2)9;/h3-7H2,1-2H3;1H/q+1;/p-1. The minimum atomic E-state index is -0.114. The molecule has 0 bridgehead atoms. The van der Waals surface area contributed by atoms with E-state index in [1.165, 1.54) is 7.11 Å². The average molecular weight is 247 g/mol. The molecule has 80 valence electrons. The molecule has 0 radical (unpaired) electrons. The lowest BCUT2D eigenvalue weighted by atomic mass is 10.2. The van der Waals surface area contributed by atoms with Crippen LogP contribution in [-0.4, -0.2) is 25.1 Å². The molecule has 0 aliphatic heterocycles. The summed E-state index contributed by atoms with van der Waals surface area (Å²) in [6, 6.07) is 0. The fourth-order valence-electron chi connectivity index (χ4n) is 0.849. The first kappa shape index (κ1) is 15.9. The van der Waals surface area contributed by atoms with Crippen LogP contribution in [0.5, 0.6) is 0 Å². The van der Waals surface area contributed by atoms with Gasteiger partial charge in [-0.2, -0.15) is 0 Å². The molecule has 0 aromatic carbocycles. The monoisotopic (exact) mass is 246 g/mol. The van der Waals surface area contributed by atoms with Gasteiger partial charge in [0, 0.05) is 6.42 Å². The molecule has 0 spiro atoms. The van der Waals surface area contributed by atoms with Crippen molar-refractivity contribution in [2.45, 2.75) is 25.7 Å². The van der Waals surface area contributed by atoms with Gasteiger partial charge in [-0.15, -0.1) is 0 Å². The highest BCUT2D eigenvalue weighted by atomic mass is 35.7. The third-order valence-electron chi connectivity index (χ3n) is 1.53. The van der Waals surface area contributed by atoms with Crippen LogP contribution in [0.15, 0.2) is 0 Å². The first-order valence-corrected chi connectivity index (χ1v) is 6.65. The van der Waals surface area contributed by atoms with Crippen molar-refractivity contribution in [3.8, 4) is 0 Å². The van der Waals surface area contributed by atoms with Crippen molar-refractivity contribution in [1.82, 2.24) is 0 Å². The Kier molecular flexibility index (Phi) is 12.8. The molecule has 13 heavy (non-hydrogen) atoms. The molecule has 0 aliphatic carbocycles. The van der Waals surface area contributed by atoms with Crippen molar-refractivity contribution in [2.24, 2.45) is 0 Å². The van der Waals surface area contributed by atoms with Gasteiger partial charge in [0.2, 0.25) is 0 Å². The van der Waals surface area contributed by atoms with E-state index in [1.807, 2.05) is 6.26 Å². The Balaban J connectivity index is 0. The van der Waals surface area contributed by atoms with Gasteiger partial charge in [-0.25, -0.2) is 0 Å². The smallest absolute Gasteiger partial charge is 0.305 e. The summed E-state index contributed by atoms with van der Waals surface area (Å²) in [7, 11) is 7.23. The molecule has 0 aliphatic rings. The number of hydrogen-bond donors (Lipinski definition) is 0. The predicted octanol–water partition coefficient (Wildman–Crippen LogP) is -0.874. The van der Waals surface area contributed by atoms with Crippen molar-refractivity contribution in [1.29, 1.82) is 0 Å². The van der Waals surface area contributed by atoms with Crippen LogP contribution in [0.3, 0.4) is 0 Å². The van der Waals surface area contributed by atoms with Gasteiger partial charge in [0.25, 0.3) is 0 Å². The van der Waals surface area contributed by atoms with Crippen molar-refractivity contribution in [3.63, 3.8) is 0 Å². The molecule has 0 fully saturated rings. The molecule has 2 nitrogen and oxygen atoms in total. The van der Waals surface area contributed by atoms with Crippen molar-refractivity contribution in [3.05, 3.63) is 0 Å². The molecular formula is C8H16Cl2O2S. The molecule has 0 saturated carbocycles. The number of carbonyl (C=O) groups is 1. The molecule has 1 unspecified atom stereocenters. The summed E-state index contributed by atoms with van der Waals surface area (Å²) in [6.07, 6.45) is 5.65. The number of ether oxygens (including phenoxy) is 1. The summed E-state index contributed by atoms with van der Waals surface area (Å²) in [5, 5.41) is 0. The fraction of sp³-hybridized carbons (Fsp3) is 0.875. The molecule has 0 rings (SSSR count). The van der Waals surface area contributed by atoms with Gasteiger partial charge in [-0.1, -0.05) is 0 Å². The largest absolute Gasteiger partial charge is 1.00 e. The van der Waals surface area contributed by atoms with E-state index in [2.05, 4.69) is 4.74 Å². The highest BCUT2D eigenvalue weighted by Gasteiger charge is 2.06. The number of rotatable bonds is 6. The SMILES string of the molecule is COC(=O)CCCCC[S+](C)Cl.[Cl-]. The van der Waals surface area contributed by atoms with Crippen molar-refractivity contribution < 1.29 is 21.9 Å². The molecule has 0 aromatic rings. The zero-order valence-corrected chi connectivity index (χ0v) is 10.3. The Bertz CT molecular complexity index is 131. The van der Waals surface area contributed by atoms with Crippen LogP contribution in [0.25, 0.3) is 0 Å². The highest BCUT2D eigenvalue weighted by molar-refractivity contribution is 8.17. The normalized spacial score (nSPS) is 11.6. The Hall–Kier alpha value is 0.400. The van der Waals surface area contributed by atoms with Gasteiger partial charge in [0.15, 0.2) is 10.7 Å². The van der Waals surface area contributed by atoms with Crippen molar-refractivity contribution in [2.75, 3.05) is 19.1 Å². The lowest BCUT2D eigenvalue weighted by Gasteiger charge is -1.97. The average Bonchev–Trinajstić information content (AvgIpc) is 2.03. The lowest BCUT2D eigenvalue weighted by molar-refractivity contribution is -0.140. The highest BCUT2D eigenvalue weighted by Crippen LogP contribution is 2.06. The van der Waals surface area contributed by atoms with E-state index < -0.39 is 0 Å². The summed E-state index contributed by atoms with van der Waals surface area (Å²) < 4.78 is 4.51. The molecule has 5 heteroatoms. The van der Waals surface area contributed by atoms with Crippen LogP contribution in [0, 0.1) is 0 Å². The lowest BCUT2D eigenvalue weighted by Crippen LogP contribution is -3.00. The molecular weight excluding hydrogens is 231 g/mol. The molecule has 0 amide bonds. The maximum atomic E-state index is 10.7. The third-order valence-corrected chi connectivity index (χ3v) is 2.85. The quantitative estimate of drug-likeness (QED) is 0.346. The number of hydrogen-bond acceptors (Lipinski definition) is 2. The van der Waals surface area contributed by atoms with Crippen LogP contribution in [0.4, 0.5) is 0 Å². The molecule has 0 N–H and O–H groups in total. The van der Waals surface area contributed by atoms with E-state index in [0.717, 1.165) is 25.0 Å². The maximum absolute atomic E-state index is 10.7. The topological polar surface area (TPSA) is 26.3 Å². The van der Waals surface area contributed by atoms with Crippen LogP contribution in [0.2, 0.25) is 0 Å². The second kappa shape index (κ2) is 10.5. The Morgan fingerprint density at radius 2 is 2.00 bits per heavy atom. The summed E-state index contributed by atoms with van der Waals surface area (Å²) in [6.45, 7) is 0. The molecule has 0 heterocycles. The summed E-state index contributed by atoms with van der Waals surface area (Å²) in [5.74, 6) is 0.944. The van der Waals surface area contributed by atoms with Crippen molar-refractivity contribution >= 4 is 26.8 Å². The Morgan fingerprint density at radius 1 is 1.38 bits per heavy atom. The summed E-state index contributed by atoms with van der Waals surface area (Å²) in [4.78, 5) is 10.7. The van der Waals surface area contributed by atoms with E-state index in [9.17, 15) is 4.79 Å². The number of carbonyl (C=O) groups excluding carboxylic acids is 1. The minimum Gasteiger partial charge on any atom is -1.00 e. The molecule has 0 aromatic heterocycles. The first-order valence-electron chi connectivity index (χ1n) is 4.02. The van der Waals surface area contributed by atoms with E-state index >= 15 is 0 Å². The minimum absolute atomic E-state index is 0. The van der Waals surface area contributed by atoms with Gasteiger partial charge >= 0.3 is 5.97 Å². The number of esters is 1. The maximum Gasteiger partial charge on any atom is 0.305 e. The molecule has 1 atom stereocenters. The second-order valence-corrected chi connectivity index (χ2v) is 5.74. The zero-order valence-electron chi connectivity index (χ0n) is 8.02. The van der Waals surface area contributed by atoms with Gasteiger partial charge in [0.05, 0.1) is 17.2 Å². The fourth-order valence-corrected chi connectivity index (χ4v) is 1.78.